The Morgan fingerprint density at radius 1 is 0.304 bits per heavy atom. The zero-order chi connectivity index (χ0) is 50.0. The highest BCUT2D eigenvalue weighted by Gasteiger charge is 2.19. The minimum atomic E-state index is -0.770. The molecular formula is C63H108O6. The number of hydrogen-bond donors (Lipinski definition) is 0. The predicted molar refractivity (Wildman–Crippen MR) is 297 cm³/mol. The van der Waals surface area contributed by atoms with E-state index in [4.69, 9.17) is 14.2 Å². The molecule has 0 spiro atoms. The molecule has 0 rings (SSSR count). The molecule has 6 heteroatoms. The average Bonchev–Trinajstić information content (AvgIpc) is 3.35. The van der Waals surface area contributed by atoms with Gasteiger partial charge in [-0.15, -0.1) is 0 Å². The lowest BCUT2D eigenvalue weighted by atomic mass is 10.0. The van der Waals surface area contributed by atoms with Gasteiger partial charge in [0, 0.05) is 19.3 Å². The third-order valence-corrected chi connectivity index (χ3v) is 12.4. The average molecular weight is 962 g/mol. The number of hydrogen-bond acceptors (Lipinski definition) is 6. The van der Waals surface area contributed by atoms with Crippen LogP contribution in [0.3, 0.4) is 0 Å². The summed E-state index contributed by atoms with van der Waals surface area (Å²) in [4.78, 5) is 37.8. The number of carbonyl (C=O) groups is 3. The Morgan fingerprint density at radius 3 is 0.884 bits per heavy atom. The van der Waals surface area contributed by atoms with Crippen molar-refractivity contribution >= 4 is 17.9 Å². The van der Waals surface area contributed by atoms with Gasteiger partial charge >= 0.3 is 17.9 Å². The van der Waals surface area contributed by atoms with Crippen LogP contribution in [0, 0.1) is 0 Å². The van der Waals surface area contributed by atoms with Gasteiger partial charge in [-0.25, -0.2) is 0 Å². The fraction of sp³-hybridized carbons (Fsp3) is 0.730. The van der Waals surface area contributed by atoms with Gasteiger partial charge in [0.1, 0.15) is 13.2 Å². The van der Waals surface area contributed by atoms with Crippen molar-refractivity contribution in [3.63, 3.8) is 0 Å². The molecule has 0 heterocycles. The number of carbonyl (C=O) groups excluding carboxylic acids is 3. The second kappa shape index (κ2) is 57.2. The van der Waals surface area contributed by atoms with E-state index in [9.17, 15) is 14.4 Å². The molecular weight excluding hydrogens is 853 g/mol. The Hall–Kier alpha value is -3.41. The van der Waals surface area contributed by atoms with Crippen LogP contribution >= 0.6 is 0 Å². The normalized spacial score (nSPS) is 12.7. The molecule has 0 aliphatic carbocycles. The summed E-state index contributed by atoms with van der Waals surface area (Å²) in [7, 11) is 0. The van der Waals surface area contributed by atoms with E-state index < -0.39 is 6.10 Å². The van der Waals surface area contributed by atoms with E-state index in [1.54, 1.807) is 0 Å². The highest BCUT2D eigenvalue weighted by molar-refractivity contribution is 5.71. The topological polar surface area (TPSA) is 78.9 Å². The Kier molecular flexibility index (Phi) is 54.3. The Morgan fingerprint density at radius 2 is 0.565 bits per heavy atom. The molecule has 69 heavy (non-hydrogen) atoms. The first kappa shape index (κ1) is 65.6. The second-order valence-corrected chi connectivity index (χ2v) is 19.2. The largest absolute Gasteiger partial charge is 0.462 e. The summed E-state index contributed by atoms with van der Waals surface area (Å²) in [6, 6.07) is 0. The van der Waals surface area contributed by atoms with E-state index in [-0.39, 0.29) is 31.1 Å². The van der Waals surface area contributed by atoms with Crippen LogP contribution in [-0.4, -0.2) is 37.2 Å². The third-order valence-electron chi connectivity index (χ3n) is 12.4. The fourth-order valence-corrected chi connectivity index (χ4v) is 8.07. The Bertz CT molecular complexity index is 1330. The molecule has 0 aromatic carbocycles. The van der Waals surface area contributed by atoms with Gasteiger partial charge in [-0.3, -0.25) is 14.4 Å². The molecule has 1 unspecified atom stereocenters. The maximum Gasteiger partial charge on any atom is 0.306 e. The van der Waals surface area contributed by atoms with Crippen molar-refractivity contribution in [1.29, 1.82) is 0 Å². The number of allylic oxidation sites excluding steroid dienone is 14. The number of ether oxygens (including phenoxy) is 3. The van der Waals surface area contributed by atoms with Gasteiger partial charge in [0.2, 0.25) is 0 Å². The van der Waals surface area contributed by atoms with Gasteiger partial charge in [0.15, 0.2) is 6.10 Å². The molecule has 0 fully saturated rings. The first-order valence-corrected chi connectivity index (χ1v) is 29.1. The van der Waals surface area contributed by atoms with Gasteiger partial charge < -0.3 is 14.2 Å². The van der Waals surface area contributed by atoms with Crippen molar-refractivity contribution < 1.29 is 28.6 Å². The van der Waals surface area contributed by atoms with E-state index in [0.717, 1.165) is 103 Å². The van der Waals surface area contributed by atoms with Crippen LogP contribution < -0.4 is 0 Å². The first-order chi connectivity index (χ1) is 34.0. The highest BCUT2D eigenvalue weighted by atomic mass is 16.6. The molecule has 0 N–H and O–H groups in total. The van der Waals surface area contributed by atoms with Crippen LogP contribution in [0.1, 0.15) is 278 Å². The third kappa shape index (κ3) is 55.4. The molecule has 0 aliphatic rings. The molecule has 0 saturated heterocycles. The van der Waals surface area contributed by atoms with Crippen LogP contribution in [-0.2, 0) is 28.6 Å². The molecule has 0 saturated carbocycles. The van der Waals surface area contributed by atoms with Crippen molar-refractivity contribution in [3.8, 4) is 0 Å². The second-order valence-electron chi connectivity index (χ2n) is 19.2. The summed E-state index contributed by atoms with van der Waals surface area (Å²) in [5.41, 5.74) is 0. The van der Waals surface area contributed by atoms with Crippen molar-refractivity contribution in [2.45, 2.75) is 284 Å². The maximum absolute atomic E-state index is 12.7. The van der Waals surface area contributed by atoms with Crippen LogP contribution in [0.2, 0.25) is 0 Å². The van der Waals surface area contributed by atoms with Crippen molar-refractivity contribution in [3.05, 3.63) is 85.1 Å². The molecule has 0 aromatic rings. The number of esters is 3. The number of unbranched alkanes of at least 4 members (excludes halogenated alkanes) is 27. The molecule has 0 bridgehead atoms. The smallest absolute Gasteiger partial charge is 0.306 e. The lowest BCUT2D eigenvalue weighted by Crippen LogP contribution is -2.30. The summed E-state index contributed by atoms with van der Waals surface area (Å²) < 4.78 is 16.7. The van der Waals surface area contributed by atoms with Gasteiger partial charge in [-0.2, -0.15) is 0 Å². The molecule has 396 valence electrons. The van der Waals surface area contributed by atoms with Gasteiger partial charge in [0.25, 0.3) is 0 Å². The predicted octanol–water partition coefficient (Wildman–Crippen LogP) is 19.5. The summed E-state index contributed by atoms with van der Waals surface area (Å²) in [5.74, 6) is -0.881. The van der Waals surface area contributed by atoms with E-state index in [2.05, 4.69) is 106 Å². The summed E-state index contributed by atoms with van der Waals surface area (Å²) in [6.07, 6.45) is 74.7. The van der Waals surface area contributed by atoms with Crippen LogP contribution in [0.15, 0.2) is 85.1 Å². The Balaban J connectivity index is 4.01. The standard InChI is InChI=1S/C63H108O6/c1-4-7-10-13-16-18-20-22-23-24-25-26-27-28-29-30-31-32-33-34-35-36-37-38-39-40-41-42-44-45-47-50-53-56-62(65)68-59-60(58-67-61(64)55-52-49-15-12-9-6-3)69-63(66)57-54-51-48-46-43-21-19-17-14-11-8-5-2/h7,10,16,18,22-23,25-26,28-29,31-32,34-35,60H,4-6,8-9,11-15,17,19-21,24,27,30,33,36-59H2,1-3H3/b10-7-,18-16-,23-22-,26-25-,29-28-,32-31-,35-34-. The minimum Gasteiger partial charge on any atom is -0.462 e. The fourth-order valence-electron chi connectivity index (χ4n) is 8.07. The maximum atomic E-state index is 12.7. The lowest BCUT2D eigenvalue weighted by molar-refractivity contribution is -0.167. The molecule has 1 atom stereocenters. The number of rotatable bonds is 52. The van der Waals surface area contributed by atoms with Crippen molar-refractivity contribution in [2.24, 2.45) is 0 Å². The van der Waals surface area contributed by atoms with E-state index in [1.165, 1.54) is 135 Å². The van der Waals surface area contributed by atoms with Gasteiger partial charge in [-0.1, -0.05) is 266 Å². The molecule has 0 aliphatic heterocycles. The monoisotopic (exact) mass is 961 g/mol. The van der Waals surface area contributed by atoms with Gasteiger partial charge in [-0.05, 0) is 77.0 Å². The van der Waals surface area contributed by atoms with E-state index in [0.29, 0.717) is 19.3 Å². The summed E-state index contributed by atoms with van der Waals surface area (Å²) in [5, 5.41) is 0. The van der Waals surface area contributed by atoms with Crippen molar-refractivity contribution in [2.75, 3.05) is 13.2 Å². The van der Waals surface area contributed by atoms with E-state index in [1.807, 2.05) is 0 Å². The SMILES string of the molecule is CC/C=C\C/C=C\C/C=C\C/C=C\C/C=C\C/C=C\C/C=C\CCCCCCCCCCCCCC(=O)OCC(COC(=O)CCCCCCCC)OC(=O)CCCCCCCCCCCCCC. The molecule has 6 nitrogen and oxygen atoms in total. The molecule has 0 amide bonds. The molecule has 0 radical (unpaired) electrons. The van der Waals surface area contributed by atoms with Crippen molar-refractivity contribution in [1.82, 2.24) is 0 Å². The Labute approximate surface area is 426 Å². The van der Waals surface area contributed by atoms with Crippen LogP contribution in [0.4, 0.5) is 0 Å². The van der Waals surface area contributed by atoms with E-state index >= 15 is 0 Å². The quantitative estimate of drug-likeness (QED) is 0.0262. The summed E-state index contributed by atoms with van der Waals surface area (Å²) in [6.45, 7) is 6.47. The lowest BCUT2D eigenvalue weighted by Gasteiger charge is -2.18. The zero-order valence-corrected chi connectivity index (χ0v) is 45.3. The summed E-state index contributed by atoms with van der Waals surface area (Å²) >= 11 is 0. The highest BCUT2D eigenvalue weighted by Crippen LogP contribution is 2.16. The van der Waals surface area contributed by atoms with Crippen LogP contribution in [0.5, 0.6) is 0 Å². The first-order valence-electron chi connectivity index (χ1n) is 29.1. The minimum absolute atomic E-state index is 0.0736. The van der Waals surface area contributed by atoms with Crippen LogP contribution in [0.25, 0.3) is 0 Å². The van der Waals surface area contributed by atoms with Gasteiger partial charge in [0.05, 0.1) is 0 Å². The molecule has 0 aromatic heterocycles. The zero-order valence-electron chi connectivity index (χ0n) is 45.3.